The third kappa shape index (κ3) is 3.64. The summed E-state index contributed by atoms with van der Waals surface area (Å²) < 4.78 is 1.70. The Labute approximate surface area is 167 Å². The number of nitrogens with zero attached hydrogens (tertiary/aromatic N) is 5. The fourth-order valence-electron chi connectivity index (χ4n) is 4.82. The fraction of sp³-hybridized carbons (Fsp3) is 0.591. The van der Waals surface area contributed by atoms with Crippen LogP contribution in [0.5, 0.6) is 0 Å². The van der Waals surface area contributed by atoms with E-state index in [1.165, 1.54) is 44.4 Å². The topological polar surface area (TPSA) is 72.3 Å². The molecule has 1 saturated carbocycles. The number of fused-ring (bicyclic) bond motifs is 1. The molecule has 1 aromatic carbocycles. The van der Waals surface area contributed by atoms with Crippen molar-refractivity contribution in [2.45, 2.75) is 65.2 Å². The molecule has 28 heavy (non-hydrogen) atoms. The number of nitrogens with two attached hydrogens (primary N) is 1. The van der Waals surface area contributed by atoms with Gasteiger partial charge in [0.2, 0.25) is 0 Å². The summed E-state index contributed by atoms with van der Waals surface area (Å²) in [5.74, 6) is 1.71. The first-order chi connectivity index (χ1) is 13.6. The van der Waals surface area contributed by atoms with E-state index in [2.05, 4.69) is 22.1 Å². The first-order valence-corrected chi connectivity index (χ1v) is 10.7. The van der Waals surface area contributed by atoms with E-state index in [0.717, 1.165) is 42.7 Å². The molecule has 0 radical (unpaired) electrons. The van der Waals surface area contributed by atoms with Crippen molar-refractivity contribution in [3.8, 4) is 0 Å². The van der Waals surface area contributed by atoms with Crippen LogP contribution in [0.3, 0.4) is 0 Å². The van der Waals surface area contributed by atoms with Crippen molar-refractivity contribution in [1.29, 1.82) is 0 Å². The zero-order valence-corrected chi connectivity index (χ0v) is 17.2. The second kappa shape index (κ2) is 7.94. The molecule has 0 atom stereocenters. The van der Waals surface area contributed by atoms with Gasteiger partial charge in [0.05, 0.1) is 11.2 Å². The van der Waals surface area contributed by atoms with Crippen molar-refractivity contribution in [3.05, 3.63) is 30.0 Å². The summed E-state index contributed by atoms with van der Waals surface area (Å²) in [7, 11) is 0. The van der Waals surface area contributed by atoms with Crippen LogP contribution in [0.25, 0.3) is 16.9 Å². The standard InChI is InChI=1S/C22H32N6/c1-3-8-20(27-15-13-22(14-16-27)11-6-7-12-22)24-17(2)21(23)28-19-10-5-4-9-18(19)25-26-28/h4-5,9-10H,3,6-8,11-16,23H2,1-2H3/b21-17+,24-20+. The van der Waals surface area contributed by atoms with Gasteiger partial charge < -0.3 is 10.6 Å². The Morgan fingerprint density at radius 1 is 1.14 bits per heavy atom. The molecule has 6 nitrogen and oxygen atoms in total. The molecule has 0 bridgehead atoms. The molecule has 1 aliphatic carbocycles. The Balaban J connectivity index is 1.57. The highest BCUT2D eigenvalue weighted by Crippen LogP contribution is 2.46. The minimum Gasteiger partial charge on any atom is -0.382 e. The van der Waals surface area contributed by atoms with Crippen molar-refractivity contribution in [3.63, 3.8) is 0 Å². The SMILES string of the molecule is CCC/C(=N\C(C)=C(/N)n1nnc2ccccc21)N1CCC2(CCCC2)CC1. The van der Waals surface area contributed by atoms with Crippen molar-refractivity contribution in [2.24, 2.45) is 16.1 Å². The van der Waals surface area contributed by atoms with E-state index in [9.17, 15) is 0 Å². The summed E-state index contributed by atoms with van der Waals surface area (Å²) >= 11 is 0. The van der Waals surface area contributed by atoms with Crippen LogP contribution in [0, 0.1) is 5.41 Å². The van der Waals surface area contributed by atoms with Crippen LogP contribution in [-0.4, -0.2) is 38.8 Å². The summed E-state index contributed by atoms with van der Waals surface area (Å²) in [6.45, 7) is 6.44. The zero-order valence-electron chi connectivity index (χ0n) is 17.2. The Hall–Kier alpha value is -2.37. The lowest BCUT2D eigenvalue weighted by Crippen LogP contribution is -2.42. The van der Waals surface area contributed by atoms with Crippen LogP contribution >= 0.6 is 0 Å². The summed E-state index contributed by atoms with van der Waals surface area (Å²) in [6.07, 6.45) is 10.4. The third-order valence-electron chi connectivity index (χ3n) is 6.57. The Morgan fingerprint density at radius 2 is 1.86 bits per heavy atom. The van der Waals surface area contributed by atoms with Gasteiger partial charge in [-0.15, -0.1) is 5.10 Å². The highest BCUT2D eigenvalue weighted by atomic mass is 15.5. The maximum Gasteiger partial charge on any atom is 0.148 e. The van der Waals surface area contributed by atoms with E-state index in [1.54, 1.807) is 4.68 Å². The molecule has 2 aliphatic rings. The number of para-hydroxylation sites is 1. The molecule has 2 aromatic rings. The van der Waals surface area contributed by atoms with Gasteiger partial charge in [-0.3, -0.25) is 0 Å². The quantitative estimate of drug-likeness (QED) is 0.631. The highest BCUT2D eigenvalue weighted by Gasteiger charge is 2.37. The molecule has 1 spiro atoms. The van der Waals surface area contributed by atoms with E-state index in [-0.39, 0.29) is 0 Å². The summed E-state index contributed by atoms with van der Waals surface area (Å²) in [5, 5.41) is 8.44. The molecule has 2 fully saturated rings. The molecule has 150 valence electrons. The fourth-order valence-corrected chi connectivity index (χ4v) is 4.82. The lowest BCUT2D eigenvalue weighted by Gasteiger charge is -2.41. The van der Waals surface area contributed by atoms with Crippen molar-refractivity contribution < 1.29 is 0 Å². The predicted molar refractivity (Wildman–Crippen MR) is 115 cm³/mol. The molecule has 1 aliphatic heterocycles. The van der Waals surface area contributed by atoms with E-state index >= 15 is 0 Å². The van der Waals surface area contributed by atoms with Crippen LogP contribution in [0.15, 0.2) is 35.0 Å². The van der Waals surface area contributed by atoms with Gasteiger partial charge in [0.1, 0.15) is 17.2 Å². The Morgan fingerprint density at radius 3 is 2.57 bits per heavy atom. The maximum absolute atomic E-state index is 6.43. The summed E-state index contributed by atoms with van der Waals surface area (Å²) in [5.41, 5.74) is 9.61. The van der Waals surface area contributed by atoms with Gasteiger partial charge in [0.15, 0.2) is 0 Å². The van der Waals surface area contributed by atoms with Crippen molar-refractivity contribution in [1.82, 2.24) is 19.9 Å². The van der Waals surface area contributed by atoms with E-state index in [0.29, 0.717) is 11.2 Å². The number of aromatic nitrogens is 3. The molecule has 4 rings (SSSR count). The van der Waals surface area contributed by atoms with Gasteiger partial charge in [-0.1, -0.05) is 37.1 Å². The first kappa shape index (κ1) is 19.0. The van der Waals surface area contributed by atoms with Crippen molar-refractivity contribution >= 4 is 22.7 Å². The zero-order chi connectivity index (χ0) is 19.6. The number of hydrogen-bond donors (Lipinski definition) is 1. The number of hydrogen-bond acceptors (Lipinski definition) is 4. The normalized spacial score (nSPS) is 20.8. The lowest BCUT2D eigenvalue weighted by atomic mass is 9.77. The maximum atomic E-state index is 6.43. The smallest absolute Gasteiger partial charge is 0.148 e. The van der Waals surface area contributed by atoms with Gasteiger partial charge >= 0.3 is 0 Å². The third-order valence-corrected chi connectivity index (χ3v) is 6.57. The van der Waals surface area contributed by atoms with E-state index in [4.69, 9.17) is 10.7 Å². The lowest BCUT2D eigenvalue weighted by molar-refractivity contribution is 0.152. The van der Waals surface area contributed by atoms with Gasteiger partial charge in [-0.2, -0.15) is 4.68 Å². The van der Waals surface area contributed by atoms with Crippen LogP contribution < -0.4 is 5.73 Å². The molecular weight excluding hydrogens is 348 g/mol. The Bertz CT molecular complexity index is 877. The van der Waals surface area contributed by atoms with E-state index < -0.39 is 0 Å². The van der Waals surface area contributed by atoms with Gasteiger partial charge in [-0.05, 0) is 56.6 Å². The number of likely N-dealkylation sites (tertiary alicyclic amines) is 1. The van der Waals surface area contributed by atoms with Crippen LogP contribution in [-0.2, 0) is 0 Å². The number of rotatable bonds is 4. The average molecular weight is 381 g/mol. The second-order valence-electron chi connectivity index (χ2n) is 8.43. The van der Waals surface area contributed by atoms with Gasteiger partial charge in [0, 0.05) is 19.5 Å². The minimum atomic E-state index is 0.548. The molecule has 2 N–H and O–H groups in total. The van der Waals surface area contributed by atoms with E-state index in [1.807, 2.05) is 31.2 Å². The monoisotopic (exact) mass is 380 g/mol. The molecule has 6 heteroatoms. The van der Waals surface area contributed by atoms with Crippen LogP contribution in [0.2, 0.25) is 0 Å². The number of amidine groups is 1. The van der Waals surface area contributed by atoms with Crippen LogP contribution in [0.4, 0.5) is 0 Å². The predicted octanol–water partition coefficient (Wildman–Crippen LogP) is 4.39. The summed E-state index contributed by atoms with van der Waals surface area (Å²) in [4.78, 5) is 7.47. The molecule has 1 aromatic heterocycles. The second-order valence-corrected chi connectivity index (χ2v) is 8.43. The van der Waals surface area contributed by atoms with Crippen LogP contribution in [0.1, 0.15) is 65.2 Å². The molecule has 0 unspecified atom stereocenters. The number of aliphatic imine (C=N–C) groups is 1. The first-order valence-electron chi connectivity index (χ1n) is 10.7. The van der Waals surface area contributed by atoms with Gasteiger partial charge in [-0.25, -0.2) is 4.99 Å². The largest absolute Gasteiger partial charge is 0.382 e. The number of benzene rings is 1. The summed E-state index contributed by atoms with van der Waals surface area (Å²) in [6, 6.07) is 7.86. The highest BCUT2D eigenvalue weighted by molar-refractivity contribution is 5.84. The van der Waals surface area contributed by atoms with Crippen molar-refractivity contribution in [2.75, 3.05) is 13.1 Å². The molecule has 1 saturated heterocycles. The number of allylic oxidation sites excluding steroid dienone is 1. The molecule has 2 heterocycles. The van der Waals surface area contributed by atoms with Gasteiger partial charge in [0.25, 0.3) is 0 Å². The molecule has 0 amide bonds. The minimum absolute atomic E-state index is 0.548. The molecular formula is C22H32N6. The average Bonchev–Trinajstić information content (AvgIpc) is 3.35. The Kier molecular flexibility index (Phi) is 5.38. The number of piperidine rings is 1.